The van der Waals surface area contributed by atoms with Gasteiger partial charge in [-0.2, -0.15) is 0 Å². The van der Waals surface area contributed by atoms with E-state index in [4.69, 9.17) is 10.7 Å². The fourth-order valence-electron chi connectivity index (χ4n) is 3.09. The Morgan fingerprint density at radius 2 is 2.04 bits per heavy atom. The lowest BCUT2D eigenvalue weighted by Crippen LogP contribution is -2.44. The molecule has 3 N–H and O–H groups in total. The van der Waals surface area contributed by atoms with Gasteiger partial charge in [0.15, 0.2) is 5.82 Å². The summed E-state index contributed by atoms with van der Waals surface area (Å²) < 4.78 is 0. The molecule has 4 rings (SSSR count). The maximum absolute atomic E-state index is 12.2. The van der Waals surface area contributed by atoms with Gasteiger partial charge in [-0.15, -0.1) is 0 Å². The Morgan fingerprint density at radius 3 is 2.78 bits per heavy atom. The first kappa shape index (κ1) is 14.3. The van der Waals surface area contributed by atoms with E-state index in [0.29, 0.717) is 0 Å². The number of benzene rings is 1. The van der Waals surface area contributed by atoms with Crippen molar-refractivity contribution in [2.75, 3.05) is 0 Å². The summed E-state index contributed by atoms with van der Waals surface area (Å²) in [5, 5.41) is 3.09. The molecule has 1 aromatic carbocycles. The van der Waals surface area contributed by atoms with Crippen molar-refractivity contribution in [3.63, 3.8) is 0 Å². The van der Waals surface area contributed by atoms with Crippen LogP contribution in [-0.4, -0.2) is 21.4 Å². The zero-order chi connectivity index (χ0) is 15.9. The number of fused-ring (bicyclic) bond motifs is 1. The molecule has 0 bridgehead atoms. The van der Waals surface area contributed by atoms with Gasteiger partial charge in [-0.1, -0.05) is 30.3 Å². The summed E-state index contributed by atoms with van der Waals surface area (Å²) in [5.41, 5.74) is 8.44. The number of carbonyl (C=O) groups is 1. The highest BCUT2D eigenvalue weighted by Gasteiger charge is 2.46. The van der Waals surface area contributed by atoms with Crippen LogP contribution in [-0.2, 0) is 11.2 Å². The van der Waals surface area contributed by atoms with Crippen LogP contribution >= 0.6 is 0 Å². The molecule has 1 fully saturated rings. The van der Waals surface area contributed by atoms with Crippen LogP contribution in [0.5, 0.6) is 0 Å². The highest BCUT2D eigenvalue weighted by Crippen LogP contribution is 2.35. The summed E-state index contributed by atoms with van der Waals surface area (Å²) in [6.45, 7) is 0. The molecule has 0 saturated heterocycles. The van der Waals surface area contributed by atoms with Crippen molar-refractivity contribution in [2.24, 2.45) is 5.73 Å². The van der Waals surface area contributed by atoms with Crippen LogP contribution in [0.15, 0.2) is 36.5 Å². The molecule has 1 aromatic heterocycles. The van der Waals surface area contributed by atoms with Gasteiger partial charge in [0.1, 0.15) is 0 Å². The molecular formula is C18H20N4O. The van der Waals surface area contributed by atoms with Gasteiger partial charge in [-0.3, -0.25) is 4.79 Å². The molecule has 0 unspecified atom stereocenters. The number of hydrogen-bond donors (Lipinski definition) is 2. The number of aryl methyl sites for hydroxylation is 1. The Hall–Kier alpha value is -2.27. The lowest BCUT2D eigenvalue weighted by Gasteiger charge is -2.26. The average molecular weight is 308 g/mol. The summed E-state index contributed by atoms with van der Waals surface area (Å²) in [6.07, 6.45) is 6.29. The van der Waals surface area contributed by atoms with Crippen LogP contribution in [0.3, 0.4) is 0 Å². The van der Waals surface area contributed by atoms with Crippen molar-refractivity contribution < 1.29 is 4.79 Å². The zero-order valence-corrected chi connectivity index (χ0v) is 13.0. The molecule has 23 heavy (non-hydrogen) atoms. The van der Waals surface area contributed by atoms with Crippen LogP contribution < -0.4 is 11.1 Å². The van der Waals surface area contributed by atoms with Crippen LogP contribution in [0.25, 0.3) is 11.4 Å². The van der Waals surface area contributed by atoms with Crippen molar-refractivity contribution in [2.45, 2.75) is 43.7 Å². The van der Waals surface area contributed by atoms with Gasteiger partial charge in [0.2, 0.25) is 5.91 Å². The normalized spacial score (nSPS) is 21.3. The second-order valence-electron chi connectivity index (χ2n) is 6.54. The van der Waals surface area contributed by atoms with Gasteiger partial charge in [-0.25, -0.2) is 9.97 Å². The second kappa shape index (κ2) is 5.42. The first-order valence-corrected chi connectivity index (χ1v) is 8.17. The molecule has 1 saturated carbocycles. The van der Waals surface area contributed by atoms with E-state index in [1.54, 1.807) is 0 Å². The zero-order valence-electron chi connectivity index (χ0n) is 13.0. The molecule has 0 radical (unpaired) electrons. The van der Waals surface area contributed by atoms with Crippen molar-refractivity contribution in [1.82, 2.24) is 15.3 Å². The van der Waals surface area contributed by atoms with Crippen molar-refractivity contribution in [3.8, 4) is 11.4 Å². The first-order valence-electron chi connectivity index (χ1n) is 8.17. The third-order valence-corrected chi connectivity index (χ3v) is 4.76. The van der Waals surface area contributed by atoms with Gasteiger partial charge < -0.3 is 11.1 Å². The van der Waals surface area contributed by atoms with Gasteiger partial charge in [0.05, 0.1) is 11.6 Å². The summed E-state index contributed by atoms with van der Waals surface area (Å²) >= 11 is 0. The predicted molar refractivity (Wildman–Crippen MR) is 87.4 cm³/mol. The molecule has 0 aliphatic heterocycles. The number of carbonyl (C=O) groups excluding carboxylic acids is 1. The molecule has 2 aliphatic rings. The lowest BCUT2D eigenvalue weighted by molar-refractivity contribution is -0.124. The van der Waals surface area contributed by atoms with Crippen LogP contribution in [0.4, 0.5) is 0 Å². The van der Waals surface area contributed by atoms with Crippen molar-refractivity contribution >= 4 is 5.91 Å². The van der Waals surface area contributed by atoms with E-state index in [-0.39, 0.29) is 11.9 Å². The number of aromatic nitrogens is 2. The smallest absolute Gasteiger partial charge is 0.240 e. The van der Waals surface area contributed by atoms with E-state index < -0.39 is 5.54 Å². The summed E-state index contributed by atoms with van der Waals surface area (Å²) in [5.74, 6) is 0.705. The van der Waals surface area contributed by atoms with E-state index in [1.807, 2.05) is 36.5 Å². The highest BCUT2D eigenvalue weighted by atomic mass is 16.2. The summed E-state index contributed by atoms with van der Waals surface area (Å²) in [4.78, 5) is 21.4. The van der Waals surface area contributed by atoms with E-state index in [2.05, 4.69) is 10.3 Å². The van der Waals surface area contributed by atoms with Crippen molar-refractivity contribution in [3.05, 3.63) is 47.8 Å². The maximum atomic E-state index is 12.2. The number of rotatable bonds is 3. The molecule has 1 heterocycles. The molecule has 1 amide bonds. The predicted octanol–water partition coefficient (Wildman–Crippen LogP) is 2.13. The minimum atomic E-state index is -0.636. The number of nitrogens with one attached hydrogen (secondary N) is 1. The minimum absolute atomic E-state index is 0.0166. The van der Waals surface area contributed by atoms with Crippen LogP contribution in [0, 0.1) is 0 Å². The highest BCUT2D eigenvalue weighted by molar-refractivity contribution is 5.89. The standard InChI is InChI=1S/C18H20N4O/c19-18(9-10-18)17(23)22-15-8-4-7-14-13(15)11-20-16(21-14)12-5-2-1-3-6-12/h1-3,5-6,11,15H,4,7-10,19H2,(H,22,23)/t15-/m1/s1. The largest absolute Gasteiger partial charge is 0.348 e. The first-order chi connectivity index (χ1) is 11.2. The summed E-state index contributed by atoms with van der Waals surface area (Å²) in [7, 11) is 0. The lowest BCUT2D eigenvalue weighted by atomic mass is 9.92. The molecule has 5 nitrogen and oxygen atoms in total. The van der Waals surface area contributed by atoms with Crippen LogP contribution in [0.2, 0.25) is 0 Å². The Kier molecular flexibility index (Phi) is 3.38. The van der Waals surface area contributed by atoms with E-state index in [0.717, 1.165) is 54.7 Å². The fourth-order valence-corrected chi connectivity index (χ4v) is 3.09. The molecule has 1 atom stereocenters. The summed E-state index contributed by atoms with van der Waals surface area (Å²) in [6, 6.07) is 9.95. The Labute approximate surface area is 135 Å². The minimum Gasteiger partial charge on any atom is -0.348 e. The third-order valence-electron chi connectivity index (χ3n) is 4.76. The van der Waals surface area contributed by atoms with E-state index in [1.165, 1.54) is 0 Å². The Balaban J connectivity index is 1.60. The average Bonchev–Trinajstić information content (AvgIpc) is 3.34. The second-order valence-corrected chi connectivity index (χ2v) is 6.54. The number of nitrogens with zero attached hydrogens (tertiary/aromatic N) is 2. The fraction of sp³-hybridized carbons (Fsp3) is 0.389. The maximum Gasteiger partial charge on any atom is 0.240 e. The Bertz CT molecular complexity index is 740. The topological polar surface area (TPSA) is 80.9 Å². The van der Waals surface area contributed by atoms with Gasteiger partial charge >= 0.3 is 0 Å². The number of amides is 1. The quantitative estimate of drug-likeness (QED) is 0.910. The monoisotopic (exact) mass is 308 g/mol. The van der Waals surface area contributed by atoms with E-state index >= 15 is 0 Å². The molecular weight excluding hydrogens is 288 g/mol. The molecule has 2 aliphatic carbocycles. The van der Waals surface area contributed by atoms with Crippen molar-refractivity contribution in [1.29, 1.82) is 0 Å². The van der Waals surface area contributed by atoms with E-state index in [9.17, 15) is 4.79 Å². The number of hydrogen-bond acceptors (Lipinski definition) is 4. The molecule has 0 spiro atoms. The van der Waals surface area contributed by atoms with Gasteiger partial charge in [-0.05, 0) is 32.1 Å². The van der Waals surface area contributed by atoms with Crippen LogP contribution in [0.1, 0.15) is 43.0 Å². The molecule has 2 aromatic rings. The SMILES string of the molecule is NC1(C(=O)N[C@@H]2CCCc3nc(-c4ccccc4)ncc32)CC1. The van der Waals surface area contributed by atoms with Gasteiger partial charge in [0.25, 0.3) is 0 Å². The van der Waals surface area contributed by atoms with Gasteiger partial charge in [0, 0.05) is 23.0 Å². The number of nitrogens with two attached hydrogens (primary N) is 1. The molecule has 5 heteroatoms. The molecule has 118 valence electrons. The third kappa shape index (κ3) is 2.72. The Morgan fingerprint density at radius 1 is 1.26 bits per heavy atom.